The van der Waals surface area contributed by atoms with Gasteiger partial charge in [0.05, 0.1) is 0 Å². The molecule has 0 aliphatic heterocycles. The normalized spacial score (nSPS) is 9.93. The van der Waals surface area contributed by atoms with Crippen LogP contribution in [0.4, 0.5) is 0 Å². The first-order valence-corrected chi connectivity index (χ1v) is 5.82. The van der Waals surface area contributed by atoms with Crippen LogP contribution >= 0.6 is 0 Å². The minimum Gasteiger partial charge on any atom is -0.299 e. The van der Waals surface area contributed by atoms with Crippen molar-refractivity contribution >= 4 is 5.78 Å². The van der Waals surface area contributed by atoms with Gasteiger partial charge in [-0.3, -0.25) is 4.79 Å². The molecule has 0 fully saturated rings. The van der Waals surface area contributed by atoms with Crippen LogP contribution in [0.5, 0.6) is 0 Å². The van der Waals surface area contributed by atoms with Crippen molar-refractivity contribution in [2.24, 2.45) is 0 Å². The summed E-state index contributed by atoms with van der Waals surface area (Å²) in [4.78, 5) is 11.3. The third-order valence-electron chi connectivity index (χ3n) is 2.30. The molecular formula is C13H24O. The average molecular weight is 196 g/mol. The number of unbranched alkanes of at least 4 members (excludes halogenated alkanes) is 4. The molecule has 0 aromatic heterocycles. The van der Waals surface area contributed by atoms with E-state index in [0.29, 0.717) is 12.2 Å². The Morgan fingerprint density at radius 2 is 1.71 bits per heavy atom. The molecule has 0 spiro atoms. The number of carbonyl (C=O) groups is 1. The fraction of sp³-hybridized carbons (Fsp3) is 0.769. The van der Waals surface area contributed by atoms with E-state index in [-0.39, 0.29) is 0 Å². The van der Waals surface area contributed by atoms with E-state index in [1.54, 1.807) is 0 Å². The molecule has 0 saturated carbocycles. The van der Waals surface area contributed by atoms with Gasteiger partial charge in [0, 0.05) is 12.8 Å². The Labute approximate surface area is 88.6 Å². The van der Waals surface area contributed by atoms with E-state index in [1.807, 2.05) is 19.9 Å². The lowest BCUT2D eigenvalue weighted by atomic mass is 10.1. The van der Waals surface area contributed by atoms with E-state index < -0.39 is 0 Å². The lowest BCUT2D eigenvalue weighted by Crippen LogP contribution is -1.95. The molecule has 0 heterocycles. The van der Waals surface area contributed by atoms with Crippen LogP contribution in [0, 0.1) is 0 Å². The lowest BCUT2D eigenvalue weighted by Gasteiger charge is -1.99. The van der Waals surface area contributed by atoms with Crippen molar-refractivity contribution < 1.29 is 4.79 Å². The molecule has 0 aromatic rings. The van der Waals surface area contributed by atoms with Crippen LogP contribution in [-0.2, 0) is 4.79 Å². The van der Waals surface area contributed by atoms with Gasteiger partial charge in [-0.1, -0.05) is 44.3 Å². The summed E-state index contributed by atoms with van der Waals surface area (Å²) in [5.74, 6) is 0.391. The van der Waals surface area contributed by atoms with Crippen LogP contribution in [0.15, 0.2) is 11.6 Å². The first kappa shape index (κ1) is 13.4. The first-order valence-electron chi connectivity index (χ1n) is 5.82. The summed E-state index contributed by atoms with van der Waals surface area (Å²) in [7, 11) is 0. The molecule has 0 N–H and O–H groups in total. The molecule has 0 aliphatic carbocycles. The zero-order valence-electron chi connectivity index (χ0n) is 9.94. The Kier molecular flexibility index (Phi) is 8.61. The second-order valence-electron chi connectivity index (χ2n) is 4.19. The lowest BCUT2D eigenvalue weighted by molar-refractivity contribution is -0.118. The molecule has 0 amide bonds. The van der Waals surface area contributed by atoms with Crippen molar-refractivity contribution in [3.05, 3.63) is 11.6 Å². The maximum absolute atomic E-state index is 11.3. The fourth-order valence-corrected chi connectivity index (χ4v) is 1.35. The van der Waals surface area contributed by atoms with Crippen molar-refractivity contribution in [2.45, 2.75) is 65.7 Å². The number of hydrogen-bond acceptors (Lipinski definition) is 1. The van der Waals surface area contributed by atoms with Gasteiger partial charge in [0.2, 0.25) is 0 Å². The van der Waals surface area contributed by atoms with E-state index >= 15 is 0 Å². The molecule has 0 saturated heterocycles. The highest BCUT2D eigenvalue weighted by atomic mass is 16.1. The van der Waals surface area contributed by atoms with Gasteiger partial charge >= 0.3 is 0 Å². The molecular weight excluding hydrogens is 172 g/mol. The Hall–Kier alpha value is -0.590. The van der Waals surface area contributed by atoms with Crippen molar-refractivity contribution in [2.75, 3.05) is 0 Å². The molecule has 0 atom stereocenters. The molecule has 0 rings (SSSR count). The number of Topliss-reactive ketones (excluding diaryl/α,β-unsaturated/α-hetero) is 1. The molecule has 1 nitrogen and oxygen atoms in total. The predicted molar refractivity (Wildman–Crippen MR) is 62.4 cm³/mol. The Bertz CT molecular complexity index is 176. The number of ketones is 1. The number of carbonyl (C=O) groups excluding carboxylic acids is 1. The van der Waals surface area contributed by atoms with E-state index in [1.165, 1.54) is 31.3 Å². The third kappa shape index (κ3) is 9.50. The van der Waals surface area contributed by atoms with E-state index in [9.17, 15) is 4.79 Å². The van der Waals surface area contributed by atoms with Gasteiger partial charge in [-0.05, 0) is 20.3 Å². The number of rotatable bonds is 8. The highest BCUT2D eigenvalue weighted by molar-refractivity contribution is 5.79. The van der Waals surface area contributed by atoms with Gasteiger partial charge in [0.15, 0.2) is 0 Å². The zero-order chi connectivity index (χ0) is 10.8. The summed E-state index contributed by atoms with van der Waals surface area (Å²) in [6, 6.07) is 0. The topological polar surface area (TPSA) is 17.1 Å². The standard InChI is InChI=1S/C13H24O/c1-4-5-6-7-8-9-13(14)11-10-12(2)3/h10H,4-9,11H2,1-3H3. The summed E-state index contributed by atoms with van der Waals surface area (Å²) >= 11 is 0. The van der Waals surface area contributed by atoms with E-state index in [0.717, 1.165) is 12.8 Å². The molecule has 0 aromatic carbocycles. The van der Waals surface area contributed by atoms with Gasteiger partial charge in [-0.2, -0.15) is 0 Å². The Balaban J connectivity index is 3.32. The van der Waals surface area contributed by atoms with E-state index in [4.69, 9.17) is 0 Å². The maximum atomic E-state index is 11.3. The second-order valence-corrected chi connectivity index (χ2v) is 4.19. The van der Waals surface area contributed by atoms with Crippen LogP contribution in [-0.4, -0.2) is 5.78 Å². The summed E-state index contributed by atoms with van der Waals surface area (Å²) < 4.78 is 0. The minimum absolute atomic E-state index is 0.391. The monoisotopic (exact) mass is 196 g/mol. The molecule has 0 radical (unpaired) electrons. The van der Waals surface area contributed by atoms with Crippen molar-refractivity contribution in [1.29, 1.82) is 0 Å². The second kappa shape index (κ2) is 8.98. The average Bonchev–Trinajstić information content (AvgIpc) is 2.14. The SMILES string of the molecule is CCCCCCCC(=O)CC=C(C)C. The number of allylic oxidation sites excluding steroid dienone is 2. The summed E-state index contributed by atoms with van der Waals surface area (Å²) in [5, 5.41) is 0. The smallest absolute Gasteiger partial charge is 0.136 e. The van der Waals surface area contributed by atoms with Crippen LogP contribution in [0.3, 0.4) is 0 Å². The van der Waals surface area contributed by atoms with Gasteiger partial charge in [0.1, 0.15) is 5.78 Å². The van der Waals surface area contributed by atoms with E-state index in [2.05, 4.69) is 6.92 Å². The van der Waals surface area contributed by atoms with Gasteiger partial charge < -0.3 is 0 Å². The molecule has 14 heavy (non-hydrogen) atoms. The van der Waals surface area contributed by atoms with Crippen molar-refractivity contribution in [3.8, 4) is 0 Å². The Morgan fingerprint density at radius 3 is 2.29 bits per heavy atom. The molecule has 82 valence electrons. The summed E-state index contributed by atoms with van der Waals surface area (Å²) in [5.41, 5.74) is 1.24. The zero-order valence-corrected chi connectivity index (χ0v) is 9.94. The maximum Gasteiger partial charge on any atom is 0.136 e. The molecule has 1 heteroatoms. The van der Waals surface area contributed by atoms with Gasteiger partial charge in [-0.25, -0.2) is 0 Å². The fourth-order valence-electron chi connectivity index (χ4n) is 1.35. The largest absolute Gasteiger partial charge is 0.299 e. The molecule has 0 bridgehead atoms. The Morgan fingerprint density at radius 1 is 1.07 bits per heavy atom. The quantitative estimate of drug-likeness (QED) is 0.418. The van der Waals surface area contributed by atoms with Gasteiger partial charge in [0.25, 0.3) is 0 Å². The molecule has 0 unspecified atom stereocenters. The summed E-state index contributed by atoms with van der Waals surface area (Å²) in [6.07, 6.45) is 9.59. The van der Waals surface area contributed by atoms with Crippen molar-refractivity contribution in [1.82, 2.24) is 0 Å². The third-order valence-corrected chi connectivity index (χ3v) is 2.30. The minimum atomic E-state index is 0.391. The first-order chi connectivity index (χ1) is 6.66. The highest BCUT2D eigenvalue weighted by Crippen LogP contribution is 2.07. The van der Waals surface area contributed by atoms with Crippen LogP contribution in [0.25, 0.3) is 0 Å². The van der Waals surface area contributed by atoms with Crippen molar-refractivity contribution in [3.63, 3.8) is 0 Å². The van der Waals surface area contributed by atoms with Crippen LogP contribution in [0.1, 0.15) is 65.7 Å². The molecule has 0 aliphatic rings. The highest BCUT2D eigenvalue weighted by Gasteiger charge is 1.98. The van der Waals surface area contributed by atoms with Gasteiger partial charge in [-0.15, -0.1) is 0 Å². The van der Waals surface area contributed by atoms with Crippen LogP contribution < -0.4 is 0 Å². The number of hydrogen-bond donors (Lipinski definition) is 0. The van der Waals surface area contributed by atoms with Crippen LogP contribution in [0.2, 0.25) is 0 Å². The summed E-state index contributed by atoms with van der Waals surface area (Å²) in [6.45, 7) is 6.28. The predicted octanol–water partition coefficient (Wildman–Crippen LogP) is 4.27.